The first-order chi connectivity index (χ1) is 48.0. The fourth-order valence-electron chi connectivity index (χ4n) is 14.0. The Balaban J connectivity index is 3.82. The predicted molar refractivity (Wildman–Crippen MR) is 425 cm³/mol. The van der Waals surface area contributed by atoms with Gasteiger partial charge in [0, 0.05) is 12.8 Å². The van der Waals surface area contributed by atoms with E-state index in [0.29, 0.717) is 17.4 Å². The third-order valence-electron chi connectivity index (χ3n) is 20.8. The lowest BCUT2D eigenvalue weighted by atomic mass is 10.0. The molecule has 0 rings (SSSR count). The molecule has 0 bridgehead atoms. The number of allylic oxidation sites excluding steroid dienone is 2. The van der Waals surface area contributed by atoms with E-state index in [2.05, 4.69) is 26.0 Å². The molecule has 0 N–H and O–H groups in total. The molecule has 584 valence electrons. The topological polar surface area (TPSA) is 111 Å². The maximum Gasteiger partial charge on any atom is 0.306 e. The number of carbonyl (C=O) groups excluding carboxylic acids is 2. The van der Waals surface area contributed by atoms with Gasteiger partial charge in [-0.1, -0.05) is 450 Å². The average molecular weight is 1410 g/mol. The lowest BCUT2D eigenvalue weighted by Gasteiger charge is -2.28. The molecule has 0 radical (unpaired) electrons. The Kier molecular flexibility index (Phi) is 78.8. The number of phosphoric acid groups is 1. The number of likely N-dealkylation sites (N-methyl/N-ethyl adjacent to an activating group) is 1. The van der Waals surface area contributed by atoms with Gasteiger partial charge in [0.15, 0.2) is 6.10 Å². The molecule has 10 heteroatoms. The Morgan fingerprint density at radius 1 is 0.306 bits per heavy atom. The minimum absolute atomic E-state index is 0.0255. The van der Waals surface area contributed by atoms with Crippen LogP contribution < -0.4 is 4.89 Å². The lowest BCUT2D eigenvalue weighted by Crippen LogP contribution is -2.37. The number of carbonyl (C=O) groups is 2. The van der Waals surface area contributed by atoms with Crippen molar-refractivity contribution in [3.05, 3.63) is 12.2 Å². The monoisotopic (exact) mass is 1400 g/mol. The second kappa shape index (κ2) is 79.9. The normalized spacial score (nSPS) is 12.9. The van der Waals surface area contributed by atoms with E-state index < -0.39 is 26.5 Å². The van der Waals surface area contributed by atoms with Crippen molar-refractivity contribution in [3.63, 3.8) is 0 Å². The zero-order valence-electron chi connectivity index (χ0n) is 67.0. The maximum absolute atomic E-state index is 12.9. The Morgan fingerprint density at radius 2 is 0.520 bits per heavy atom. The number of esters is 2. The smallest absolute Gasteiger partial charge is 0.306 e. The highest BCUT2D eigenvalue weighted by atomic mass is 31.2. The summed E-state index contributed by atoms with van der Waals surface area (Å²) in [5.41, 5.74) is 0. The van der Waals surface area contributed by atoms with E-state index in [1.807, 2.05) is 21.1 Å². The molecule has 0 aromatic rings. The van der Waals surface area contributed by atoms with Gasteiger partial charge in [-0.3, -0.25) is 14.2 Å². The Labute approximate surface area is 613 Å². The number of quaternary nitrogens is 1. The van der Waals surface area contributed by atoms with Crippen LogP contribution in [0.1, 0.15) is 489 Å². The minimum atomic E-state index is -4.64. The van der Waals surface area contributed by atoms with E-state index in [4.69, 9.17) is 18.5 Å². The first kappa shape index (κ1) is 96.8. The molecule has 2 atom stereocenters. The van der Waals surface area contributed by atoms with E-state index >= 15 is 0 Å². The summed E-state index contributed by atoms with van der Waals surface area (Å²) in [7, 11) is 1.20. The van der Waals surface area contributed by atoms with Crippen LogP contribution in [0.4, 0.5) is 0 Å². The molecule has 0 aliphatic heterocycles. The van der Waals surface area contributed by atoms with Gasteiger partial charge in [0.2, 0.25) is 0 Å². The van der Waals surface area contributed by atoms with Crippen molar-refractivity contribution in [2.24, 2.45) is 0 Å². The largest absolute Gasteiger partial charge is 0.756 e. The number of ether oxygens (including phenoxy) is 2. The van der Waals surface area contributed by atoms with E-state index in [-0.39, 0.29) is 32.0 Å². The van der Waals surface area contributed by atoms with Crippen LogP contribution in [0.5, 0.6) is 0 Å². The molecule has 0 aliphatic carbocycles. The summed E-state index contributed by atoms with van der Waals surface area (Å²) in [5.74, 6) is -0.801. The molecule has 0 aromatic carbocycles. The minimum Gasteiger partial charge on any atom is -0.756 e. The standard InChI is InChI=1S/C88H174NO8P/c1-6-8-10-12-14-16-18-20-22-24-26-28-30-32-34-36-38-40-41-42-43-44-45-46-47-49-50-52-54-56-58-60-62-64-66-68-70-72-74-76-78-80-87(90)94-84-86(85-96-98(92,93)95-83-82-89(3,4)5)97-88(91)81-79-77-75-73-71-69-67-65-63-61-59-57-55-53-51-48-39-37-35-33-31-29-27-25-23-21-19-17-15-13-11-9-7-2/h25,27,86H,6-24,26,28-85H2,1-5H3/b27-25-. The Hall–Kier alpha value is -1.25. The molecule has 0 aliphatic rings. The van der Waals surface area contributed by atoms with Crippen LogP contribution in [0.2, 0.25) is 0 Å². The van der Waals surface area contributed by atoms with Crippen molar-refractivity contribution < 1.29 is 42.1 Å². The van der Waals surface area contributed by atoms with Crippen molar-refractivity contribution in [2.45, 2.75) is 495 Å². The Bertz CT molecular complexity index is 1650. The van der Waals surface area contributed by atoms with Gasteiger partial charge in [0.05, 0.1) is 27.7 Å². The van der Waals surface area contributed by atoms with Gasteiger partial charge in [-0.25, -0.2) is 0 Å². The molecular weight excluding hydrogens is 1230 g/mol. The molecule has 0 saturated carbocycles. The van der Waals surface area contributed by atoms with Crippen molar-refractivity contribution in [3.8, 4) is 0 Å². The highest BCUT2D eigenvalue weighted by molar-refractivity contribution is 7.45. The summed E-state index contributed by atoms with van der Waals surface area (Å²) >= 11 is 0. The molecular formula is C88H174NO8P. The van der Waals surface area contributed by atoms with E-state index in [0.717, 1.165) is 32.1 Å². The SMILES string of the molecule is CCCCCCCCCC/C=C\CCCCCCCCCCCCCCCCCCCCCCCC(=O)OC(COC(=O)CCCCCCCCCCCCCCCCCCCCCCCCCCCCCCCCCCCCCCCCCCC)COP(=O)([O-])OCC[N+](C)(C)C. The lowest BCUT2D eigenvalue weighted by molar-refractivity contribution is -0.870. The summed E-state index contributed by atoms with van der Waals surface area (Å²) in [6.07, 6.45) is 103. The van der Waals surface area contributed by atoms with Crippen LogP contribution in [0, 0.1) is 0 Å². The third-order valence-corrected chi connectivity index (χ3v) is 21.7. The van der Waals surface area contributed by atoms with E-state index in [1.165, 1.54) is 424 Å². The molecule has 9 nitrogen and oxygen atoms in total. The van der Waals surface area contributed by atoms with Crippen molar-refractivity contribution in [1.82, 2.24) is 0 Å². The molecule has 0 heterocycles. The molecule has 0 spiro atoms. The second-order valence-corrected chi connectivity index (χ2v) is 33.4. The quantitative estimate of drug-likeness (QED) is 0.0195. The predicted octanol–water partition coefficient (Wildman–Crippen LogP) is 29.1. The maximum atomic E-state index is 12.9. The summed E-state index contributed by atoms with van der Waals surface area (Å²) in [6.45, 7) is 4.35. The number of rotatable bonds is 85. The van der Waals surface area contributed by atoms with Gasteiger partial charge in [0.1, 0.15) is 19.8 Å². The third kappa shape index (κ3) is 83.7. The van der Waals surface area contributed by atoms with Crippen LogP contribution >= 0.6 is 7.82 Å². The number of unbranched alkanes of at least 4 members (excludes halogenated alkanes) is 69. The summed E-state index contributed by atoms with van der Waals surface area (Å²) < 4.78 is 34.5. The molecule has 0 saturated heterocycles. The van der Waals surface area contributed by atoms with Crippen molar-refractivity contribution in [2.75, 3.05) is 47.5 Å². The summed E-state index contributed by atoms with van der Waals surface area (Å²) in [4.78, 5) is 38.2. The van der Waals surface area contributed by atoms with E-state index in [9.17, 15) is 19.0 Å². The number of hydrogen-bond acceptors (Lipinski definition) is 8. The van der Waals surface area contributed by atoms with Gasteiger partial charge in [0.25, 0.3) is 7.82 Å². The van der Waals surface area contributed by atoms with Crippen LogP contribution in [0.25, 0.3) is 0 Å². The molecule has 0 aromatic heterocycles. The van der Waals surface area contributed by atoms with Crippen LogP contribution in [-0.4, -0.2) is 70.0 Å². The second-order valence-electron chi connectivity index (χ2n) is 32.0. The molecule has 98 heavy (non-hydrogen) atoms. The van der Waals surface area contributed by atoms with Crippen LogP contribution in [0.15, 0.2) is 12.2 Å². The van der Waals surface area contributed by atoms with Crippen molar-refractivity contribution >= 4 is 19.8 Å². The molecule has 2 unspecified atom stereocenters. The van der Waals surface area contributed by atoms with Crippen molar-refractivity contribution in [1.29, 1.82) is 0 Å². The van der Waals surface area contributed by atoms with Gasteiger partial charge in [-0.15, -0.1) is 0 Å². The Morgan fingerprint density at radius 3 is 0.755 bits per heavy atom. The zero-order valence-corrected chi connectivity index (χ0v) is 67.9. The average Bonchev–Trinajstić information content (AvgIpc) is 1.08. The number of nitrogens with zero attached hydrogens (tertiary/aromatic N) is 1. The summed E-state index contributed by atoms with van der Waals surface area (Å²) in [5, 5.41) is 0. The number of phosphoric ester groups is 1. The highest BCUT2D eigenvalue weighted by Gasteiger charge is 2.22. The zero-order chi connectivity index (χ0) is 71.1. The highest BCUT2D eigenvalue weighted by Crippen LogP contribution is 2.38. The van der Waals surface area contributed by atoms with Gasteiger partial charge in [-0.05, 0) is 38.5 Å². The molecule has 0 fully saturated rings. The van der Waals surface area contributed by atoms with Gasteiger partial charge in [-0.2, -0.15) is 0 Å². The first-order valence-corrected chi connectivity index (χ1v) is 45.9. The fraction of sp³-hybridized carbons (Fsp3) is 0.955. The summed E-state index contributed by atoms with van der Waals surface area (Å²) in [6, 6.07) is 0. The number of hydrogen-bond donors (Lipinski definition) is 0. The first-order valence-electron chi connectivity index (χ1n) is 44.4. The van der Waals surface area contributed by atoms with Crippen LogP contribution in [0.3, 0.4) is 0 Å². The molecule has 0 amide bonds. The van der Waals surface area contributed by atoms with Gasteiger partial charge < -0.3 is 27.9 Å². The van der Waals surface area contributed by atoms with Gasteiger partial charge >= 0.3 is 11.9 Å². The van der Waals surface area contributed by atoms with Crippen LogP contribution in [-0.2, 0) is 32.7 Å². The van der Waals surface area contributed by atoms with E-state index in [1.54, 1.807) is 0 Å². The fourth-order valence-corrected chi connectivity index (χ4v) is 14.7.